The van der Waals surface area contributed by atoms with Crippen LogP contribution < -0.4 is 10.6 Å². The number of nitrogens with one attached hydrogen (secondary N) is 2. The van der Waals surface area contributed by atoms with Crippen molar-refractivity contribution in [1.29, 1.82) is 0 Å². The first-order valence-corrected chi connectivity index (χ1v) is 8.56. The molecular weight excluding hydrogens is 308 g/mol. The standard InChI is InChI=1S/C17H26N4O3/c1-3-8-18-15-12-13(5-9-19-15)16(22)20-14-6-10-21(11-7-14)17(23)24-4-2/h5,9,12,14H,3-4,6-8,10-11H2,1-2H3,(H,18,19)(H,20,22). The topological polar surface area (TPSA) is 83.6 Å². The molecule has 0 spiro atoms. The summed E-state index contributed by atoms with van der Waals surface area (Å²) in [6.45, 7) is 6.28. The van der Waals surface area contributed by atoms with Crippen LogP contribution in [0.1, 0.15) is 43.5 Å². The minimum Gasteiger partial charge on any atom is -0.450 e. The summed E-state index contributed by atoms with van der Waals surface area (Å²) in [4.78, 5) is 29.9. The number of aromatic nitrogens is 1. The fourth-order valence-electron chi connectivity index (χ4n) is 2.61. The molecule has 1 aromatic heterocycles. The van der Waals surface area contributed by atoms with Gasteiger partial charge in [-0.25, -0.2) is 9.78 Å². The van der Waals surface area contributed by atoms with Gasteiger partial charge in [-0.3, -0.25) is 4.79 Å². The van der Waals surface area contributed by atoms with Crippen molar-refractivity contribution >= 4 is 17.8 Å². The lowest BCUT2D eigenvalue weighted by atomic mass is 10.0. The van der Waals surface area contributed by atoms with Gasteiger partial charge in [0.2, 0.25) is 0 Å². The van der Waals surface area contributed by atoms with Gasteiger partial charge in [-0.05, 0) is 38.3 Å². The van der Waals surface area contributed by atoms with Crippen molar-refractivity contribution in [2.45, 2.75) is 39.2 Å². The number of hydrogen-bond acceptors (Lipinski definition) is 5. The summed E-state index contributed by atoms with van der Waals surface area (Å²) in [5.41, 5.74) is 0.594. The third kappa shape index (κ3) is 5.11. The van der Waals surface area contributed by atoms with E-state index >= 15 is 0 Å². The van der Waals surface area contributed by atoms with Crippen molar-refractivity contribution in [3.8, 4) is 0 Å². The second-order valence-corrected chi connectivity index (χ2v) is 5.79. The van der Waals surface area contributed by atoms with Crippen LogP contribution >= 0.6 is 0 Å². The molecule has 1 aromatic rings. The Morgan fingerprint density at radius 3 is 2.75 bits per heavy atom. The SMILES string of the molecule is CCCNc1cc(C(=O)NC2CCN(C(=O)OCC)CC2)ccn1. The number of amides is 2. The molecule has 2 rings (SSSR count). The molecule has 7 heteroatoms. The van der Waals surface area contributed by atoms with Crippen LogP contribution in [0, 0.1) is 0 Å². The monoisotopic (exact) mass is 334 g/mol. The number of nitrogens with zero attached hydrogens (tertiary/aromatic N) is 2. The third-order valence-electron chi connectivity index (χ3n) is 3.93. The molecule has 1 aliphatic rings. The maximum Gasteiger partial charge on any atom is 0.409 e. The number of carbonyl (C=O) groups excluding carboxylic acids is 2. The van der Waals surface area contributed by atoms with Crippen LogP contribution in [0.4, 0.5) is 10.6 Å². The molecule has 7 nitrogen and oxygen atoms in total. The molecule has 0 aliphatic carbocycles. The second-order valence-electron chi connectivity index (χ2n) is 5.79. The normalized spacial score (nSPS) is 15.0. The molecule has 0 radical (unpaired) electrons. The first-order valence-electron chi connectivity index (χ1n) is 8.56. The summed E-state index contributed by atoms with van der Waals surface area (Å²) in [5.74, 6) is 0.605. The molecule has 0 bridgehead atoms. The lowest BCUT2D eigenvalue weighted by Gasteiger charge is -2.31. The maximum atomic E-state index is 12.4. The third-order valence-corrected chi connectivity index (χ3v) is 3.93. The molecule has 0 atom stereocenters. The van der Waals surface area contributed by atoms with E-state index in [0.29, 0.717) is 31.1 Å². The molecule has 132 valence electrons. The minimum atomic E-state index is -0.275. The average molecular weight is 334 g/mol. The van der Waals surface area contributed by atoms with Gasteiger partial charge in [-0.15, -0.1) is 0 Å². The highest BCUT2D eigenvalue weighted by Gasteiger charge is 2.24. The number of rotatable bonds is 6. The Hall–Kier alpha value is -2.31. The van der Waals surface area contributed by atoms with E-state index in [4.69, 9.17) is 4.74 Å². The van der Waals surface area contributed by atoms with Crippen LogP contribution in [-0.4, -0.2) is 54.2 Å². The van der Waals surface area contributed by atoms with E-state index in [2.05, 4.69) is 22.5 Å². The van der Waals surface area contributed by atoms with Crippen LogP contribution in [0.2, 0.25) is 0 Å². The molecule has 2 N–H and O–H groups in total. The molecule has 1 saturated heterocycles. The van der Waals surface area contributed by atoms with Gasteiger partial charge in [-0.2, -0.15) is 0 Å². The zero-order chi connectivity index (χ0) is 17.4. The molecule has 1 aliphatic heterocycles. The Bertz CT molecular complexity index is 557. The lowest BCUT2D eigenvalue weighted by molar-refractivity contribution is 0.0860. The molecule has 0 aromatic carbocycles. The van der Waals surface area contributed by atoms with E-state index in [1.54, 1.807) is 30.2 Å². The number of anilines is 1. The van der Waals surface area contributed by atoms with Gasteiger partial charge in [0.25, 0.3) is 5.91 Å². The fraction of sp³-hybridized carbons (Fsp3) is 0.588. The fourth-order valence-corrected chi connectivity index (χ4v) is 2.61. The van der Waals surface area contributed by atoms with Crippen molar-refractivity contribution < 1.29 is 14.3 Å². The first kappa shape index (κ1) is 18.0. The molecule has 2 heterocycles. The van der Waals surface area contributed by atoms with Crippen molar-refractivity contribution in [3.63, 3.8) is 0 Å². The number of likely N-dealkylation sites (tertiary alicyclic amines) is 1. The molecule has 0 saturated carbocycles. The minimum absolute atomic E-state index is 0.0726. The van der Waals surface area contributed by atoms with E-state index in [9.17, 15) is 9.59 Å². The van der Waals surface area contributed by atoms with Gasteiger partial charge in [0, 0.05) is 37.4 Å². The quantitative estimate of drug-likeness (QED) is 0.834. The van der Waals surface area contributed by atoms with Gasteiger partial charge in [0.1, 0.15) is 5.82 Å². The van der Waals surface area contributed by atoms with Crippen LogP contribution in [0.5, 0.6) is 0 Å². The van der Waals surface area contributed by atoms with Crippen molar-refractivity contribution in [2.75, 3.05) is 31.6 Å². The maximum absolute atomic E-state index is 12.4. The van der Waals surface area contributed by atoms with Crippen molar-refractivity contribution in [1.82, 2.24) is 15.2 Å². The summed E-state index contributed by atoms with van der Waals surface area (Å²) in [6.07, 6.45) is 3.82. The zero-order valence-electron chi connectivity index (χ0n) is 14.4. The summed E-state index contributed by atoms with van der Waals surface area (Å²) < 4.78 is 5.00. The molecular formula is C17H26N4O3. The van der Waals surface area contributed by atoms with E-state index in [0.717, 1.165) is 25.8 Å². The van der Waals surface area contributed by atoms with Gasteiger partial charge in [0.05, 0.1) is 6.61 Å². The summed E-state index contributed by atoms with van der Waals surface area (Å²) in [6, 6.07) is 3.54. The zero-order valence-corrected chi connectivity index (χ0v) is 14.4. The number of ether oxygens (including phenoxy) is 1. The number of hydrogen-bond donors (Lipinski definition) is 2. The van der Waals surface area contributed by atoms with Gasteiger partial charge in [-0.1, -0.05) is 6.92 Å². The van der Waals surface area contributed by atoms with E-state index in [1.807, 2.05) is 0 Å². The highest BCUT2D eigenvalue weighted by molar-refractivity contribution is 5.95. The highest BCUT2D eigenvalue weighted by Crippen LogP contribution is 2.13. The van der Waals surface area contributed by atoms with E-state index < -0.39 is 0 Å². The average Bonchev–Trinajstić information content (AvgIpc) is 2.61. The first-order chi connectivity index (χ1) is 11.6. The largest absolute Gasteiger partial charge is 0.450 e. The van der Waals surface area contributed by atoms with Gasteiger partial charge >= 0.3 is 6.09 Å². The Labute approximate surface area is 142 Å². The summed E-state index contributed by atoms with van der Waals surface area (Å²) in [5, 5.41) is 6.21. The van der Waals surface area contributed by atoms with Crippen molar-refractivity contribution in [2.24, 2.45) is 0 Å². The highest BCUT2D eigenvalue weighted by atomic mass is 16.6. The predicted octanol–water partition coefficient (Wildman–Crippen LogP) is 2.25. The van der Waals surface area contributed by atoms with E-state index in [1.165, 1.54) is 0 Å². The Morgan fingerprint density at radius 2 is 2.08 bits per heavy atom. The smallest absolute Gasteiger partial charge is 0.409 e. The number of carbonyl (C=O) groups is 2. The van der Waals surface area contributed by atoms with Crippen LogP contribution in [0.15, 0.2) is 18.3 Å². The van der Waals surface area contributed by atoms with Crippen molar-refractivity contribution in [3.05, 3.63) is 23.9 Å². The van der Waals surface area contributed by atoms with Gasteiger partial charge in [0.15, 0.2) is 0 Å². The Kier molecular flexibility index (Phi) is 6.84. The van der Waals surface area contributed by atoms with Crippen LogP contribution in [0.25, 0.3) is 0 Å². The second kappa shape index (κ2) is 9.10. The number of pyridine rings is 1. The van der Waals surface area contributed by atoms with Crippen LogP contribution in [0.3, 0.4) is 0 Å². The number of piperidine rings is 1. The Morgan fingerprint density at radius 1 is 1.33 bits per heavy atom. The Balaban J connectivity index is 1.84. The summed E-state index contributed by atoms with van der Waals surface area (Å²) >= 11 is 0. The molecule has 0 unspecified atom stereocenters. The molecule has 2 amide bonds. The molecule has 24 heavy (non-hydrogen) atoms. The predicted molar refractivity (Wildman–Crippen MR) is 92.1 cm³/mol. The van der Waals surface area contributed by atoms with Crippen LogP contribution in [-0.2, 0) is 4.74 Å². The van der Waals surface area contributed by atoms with Gasteiger partial charge < -0.3 is 20.3 Å². The summed E-state index contributed by atoms with van der Waals surface area (Å²) in [7, 11) is 0. The van der Waals surface area contributed by atoms with E-state index in [-0.39, 0.29) is 18.0 Å². The molecule has 1 fully saturated rings. The lowest BCUT2D eigenvalue weighted by Crippen LogP contribution is -2.46.